The Morgan fingerprint density at radius 3 is 2.79 bits per heavy atom. The van der Waals surface area contributed by atoms with E-state index in [-0.39, 0.29) is 17.8 Å². The maximum Gasteiger partial charge on any atom is 0.251 e. The minimum atomic E-state index is -3.14. The van der Waals surface area contributed by atoms with E-state index in [0.29, 0.717) is 24.3 Å². The van der Waals surface area contributed by atoms with Gasteiger partial charge >= 0.3 is 0 Å². The van der Waals surface area contributed by atoms with Gasteiger partial charge in [0, 0.05) is 37.7 Å². The van der Waals surface area contributed by atoms with Crippen molar-refractivity contribution in [1.82, 2.24) is 10.3 Å². The van der Waals surface area contributed by atoms with Crippen molar-refractivity contribution < 1.29 is 17.9 Å². The molecule has 1 aliphatic heterocycles. The fourth-order valence-electron chi connectivity index (χ4n) is 3.12. The summed E-state index contributed by atoms with van der Waals surface area (Å²) in [5.41, 5.74) is 1.93. The van der Waals surface area contributed by atoms with E-state index < -0.39 is 9.84 Å². The highest BCUT2D eigenvalue weighted by Gasteiger charge is 2.17. The first-order valence-electron chi connectivity index (χ1n) is 9.16. The highest BCUT2D eigenvalue weighted by molar-refractivity contribution is 7.89. The highest BCUT2D eigenvalue weighted by Crippen LogP contribution is 2.15. The quantitative estimate of drug-likeness (QED) is 0.791. The molecular weight excluding hydrogens is 378 g/mol. The second-order valence-electron chi connectivity index (χ2n) is 7.11. The third-order valence-corrected chi connectivity index (χ3v) is 5.30. The number of sulfone groups is 1. The lowest BCUT2D eigenvalue weighted by Crippen LogP contribution is -2.41. The number of hydrogen-bond acceptors (Lipinski definition) is 6. The Kier molecular flexibility index (Phi) is 6.31. The molecular formula is C20H25N3O4S. The van der Waals surface area contributed by atoms with E-state index in [1.165, 1.54) is 6.26 Å². The van der Waals surface area contributed by atoms with Gasteiger partial charge in [0.1, 0.15) is 5.82 Å². The van der Waals surface area contributed by atoms with Crippen molar-refractivity contribution in [3.63, 3.8) is 0 Å². The third-order valence-electron chi connectivity index (χ3n) is 4.45. The standard InChI is InChI=1S/C20H25N3O4S/c1-15-13-23(8-9-27-15)19-7-6-17(11-21-19)12-22-20(24)18-5-3-4-16(10-18)14-28(2,25)26/h3-7,10-11,15H,8-9,12-14H2,1-2H3,(H,22,24). The zero-order valence-electron chi connectivity index (χ0n) is 16.1. The minimum Gasteiger partial charge on any atom is -0.375 e. The first kappa shape index (κ1) is 20.3. The lowest BCUT2D eigenvalue weighted by atomic mass is 10.1. The predicted molar refractivity (Wildman–Crippen MR) is 108 cm³/mol. The molecule has 0 saturated carbocycles. The molecule has 1 atom stereocenters. The SMILES string of the molecule is CC1CN(c2ccc(CNC(=O)c3cccc(CS(C)(=O)=O)c3)cn2)CCO1. The zero-order valence-corrected chi connectivity index (χ0v) is 16.9. The van der Waals surface area contributed by atoms with Crippen molar-refractivity contribution in [2.45, 2.75) is 25.3 Å². The lowest BCUT2D eigenvalue weighted by Gasteiger charge is -2.32. The van der Waals surface area contributed by atoms with Crippen molar-refractivity contribution >= 4 is 21.6 Å². The van der Waals surface area contributed by atoms with Gasteiger partial charge in [-0.15, -0.1) is 0 Å². The van der Waals surface area contributed by atoms with Crippen LogP contribution in [-0.2, 0) is 26.9 Å². The van der Waals surface area contributed by atoms with Gasteiger partial charge in [0.15, 0.2) is 9.84 Å². The second-order valence-corrected chi connectivity index (χ2v) is 9.25. The Balaban J connectivity index is 1.58. The number of nitrogens with one attached hydrogen (secondary N) is 1. The number of morpholine rings is 1. The first-order chi connectivity index (χ1) is 13.3. The first-order valence-corrected chi connectivity index (χ1v) is 11.2. The molecule has 0 spiro atoms. The summed E-state index contributed by atoms with van der Waals surface area (Å²) in [7, 11) is -3.14. The molecule has 1 amide bonds. The molecule has 8 heteroatoms. The Hall–Kier alpha value is -2.45. The predicted octanol–water partition coefficient (Wildman–Crippen LogP) is 1.78. The molecule has 0 aliphatic carbocycles. The van der Waals surface area contributed by atoms with Crippen molar-refractivity contribution in [1.29, 1.82) is 0 Å². The molecule has 28 heavy (non-hydrogen) atoms. The molecule has 1 fully saturated rings. The van der Waals surface area contributed by atoms with Crippen molar-refractivity contribution in [3.8, 4) is 0 Å². The van der Waals surface area contributed by atoms with Crippen LogP contribution in [0.2, 0.25) is 0 Å². The van der Waals surface area contributed by atoms with E-state index in [4.69, 9.17) is 4.74 Å². The summed E-state index contributed by atoms with van der Waals surface area (Å²) in [6.45, 7) is 4.71. The summed E-state index contributed by atoms with van der Waals surface area (Å²) in [6, 6.07) is 10.6. The summed E-state index contributed by atoms with van der Waals surface area (Å²) < 4.78 is 28.4. The summed E-state index contributed by atoms with van der Waals surface area (Å²) in [5, 5.41) is 2.85. The van der Waals surface area contributed by atoms with Crippen LogP contribution in [-0.4, -0.2) is 51.4 Å². The number of carbonyl (C=O) groups excluding carboxylic acids is 1. The molecule has 1 N–H and O–H groups in total. The molecule has 0 radical (unpaired) electrons. The average Bonchev–Trinajstić information content (AvgIpc) is 2.65. The van der Waals surface area contributed by atoms with Crippen LogP contribution in [0.4, 0.5) is 5.82 Å². The topological polar surface area (TPSA) is 88.6 Å². The number of ether oxygens (including phenoxy) is 1. The van der Waals surface area contributed by atoms with Crippen molar-refractivity contribution in [2.75, 3.05) is 30.9 Å². The molecule has 2 aromatic rings. The van der Waals surface area contributed by atoms with Crippen LogP contribution in [0.5, 0.6) is 0 Å². The Morgan fingerprint density at radius 1 is 1.29 bits per heavy atom. The van der Waals surface area contributed by atoms with Crippen molar-refractivity contribution in [2.24, 2.45) is 0 Å². The summed E-state index contributed by atoms with van der Waals surface area (Å²) in [4.78, 5) is 19.1. The second kappa shape index (κ2) is 8.70. The smallest absolute Gasteiger partial charge is 0.251 e. The van der Waals surface area contributed by atoms with Gasteiger partial charge in [0.2, 0.25) is 0 Å². The fraction of sp³-hybridized carbons (Fsp3) is 0.400. The highest BCUT2D eigenvalue weighted by atomic mass is 32.2. The van der Waals surface area contributed by atoms with Crippen LogP contribution in [0.25, 0.3) is 0 Å². The van der Waals surface area contributed by atoms with Crippen LogP contribution in [0.3, 0.4) is 0 Å². The van der Waals surface area contributed by atoms with Gasteiger partial charge in [0.25, 0.3) is 5.91 Å². The van der Waals surface area contributed by atoms with Crippen LogP contribution in [0.15, 0.2) is 42.6 Å². The number of pyridine rings is 1. The van der Waals surface area contributed by atoms with Gasteiger partial charge in [-0.25, -0.2) is 13.4 Å². The van der Waals surface area contributed by atoms with Gasteiger partial charge < -0.3 is 15.0 Å². The number of hydrogen-bond donors (Lipinski definition) is 1. The summed E-state index contributed by atoms with van der Waals surface area (Å²) in [6.07, 6.45) is 3.12. The summed E-state index contributed by atoms with van der Waals surface area (Å²) >= 11 is 0. The molecule has 1 saturated heterocycles. The van der Waals surface area contributed by atoms with Gasteiger partial charge in [0.05, 0.1) is 18.5 Å². The number of benzene rings is 1. The maximum atomic E-state index is 12.4. The molecule has 1 aromatic heterocycles. The normalized spacial score (nSPS) is 17.4. The van der Waals surface area contributed by atoms with Gasteiger partial charge in [-0.2, -0.15) is 0 Å². The third kappa shape index (κ3) is 5.77. The maximum absolute atomic E-state index is 12.4. The largest absolute Gasteiger partial charge is 0.375 e. The molecule has 1 aromatic carbocycles. The number of aromatic nitrogens is 1. The van der Waals surface area contributed by atoms with E-state index in [9.17, 15) is 13.2 Å². The minimum absolute atomic E-state index is 0.0837. The molecule has 0 bridgehead atoms. The van der Waals surface area contributed by atoms with E-state index in [0.717, 1.165) is 24.5 Å². The Morgan fingerprint density at radius 2 is 2.11 bits per heavy atom. The lowest BCUT2D eigenvalue weighted by molar-refractivity contribution is 0.0529. The molecule has 1 unspecified atom stereocenters. The number of amides is 1. The van der Waals surface area contributed by atoms with E-state index in [2.05, 4.69) is 15.2 Å². The number of nitrogens with zero attached hydrogens (tertiary/aromatic N) is 2. The number of anilines is 1. The Labute approximate surface area is 165 Å². The number of rotatable bonds is 6. The van der Waals surface area contributed by atoms with Gasteiger partial charge in [-0.1, -0.05) is 18.2 Å². The number of carbonyl (C=O) groups is 1. The fourth-order valence-corrected chi connectivity index (χ4v) is 3.91. The monoisotopic (exact) mass is 403 g/mol. The zero-order chi connectivity index (χ0) is 20.1. The van der Waals surface area contributed by atoms with Crippen molar-refractivity contribution in [3.05, 3.63) is 59.3 Å². The van der Waals surface area contributed by atoms with Crippen LogP contribution in [0, 0.1) is 0 Å². The van der Waals surface area contributed by atoms with Crippen LogP contribution < -0.4 is 10.2 Å². The van der Waals surface area contributed by atoms with E-state index in [1.807, 2.05) is 19.1 Å². The van der Waals surface area contributed by atoms with Crippen LogP contribution >= 0.6 is 0 Å². The van der Waals surface area contributed by atoms with E-state index in [1.54, 1.807) is 30.5 Å². The van der Waals surface area contributed by atoms with E-state index >= 15 is 0 Å². The van der Waals surface area contributed by atoms with Gasteiger partial charge in [-0.05, 0) is 36.2 Å². The molecule has 150 valence electrons. The molecule has 7 nitrogen and oxygen atoms in total. The molecule has 1 aliphatic rings. The Bertz CT molecular complexity index is 929. The van der Waals surface area contributed by atoms with Crippen LogP contribution in [0.1, 0.15) is 28.4 Å². The molecule has 2 heterocycles. The van der Waals surface area contributed by atoms with Gasteiger partial charge in [-0.3, -0.25) is 4.79 Å². The average molecular weight is 404 g/mol. The summed E-state index contributed by atoms with van der Waals surface area (Å²) in [5.74, 6) is 0.569. The molecule has 3 rings (SSSR count).